The van der Waals surface area contributed by atoms with E-state index >= 15 is 0 Å². The van der Waals surface area contributed by atoms with E-state index in [0.29, 0.717) is 13.1 Å². The molecule has 0 rings (SSSR count). The highest BCUT2D eigenvalue weighted by atomic mass is 16.2. The Morgan fingerprint density at radius 1 is 0.882 bits per heavy atom. The number of amides is 2. The molecule has 0 fully saturated rings. The molecule has 100 valence electrons. The van der Waals surface area contributed by atoms with E-state index in [9.17, 15) is 9.59 Å². The molecule has 0 aliphatic heterocycles. The Labute approximate surface area is 104 Å². The van der Waals surface area contributed by atoms with Crippen LogP contribution in [0.25, 0.3) is 0 Å². The van der Waals surface area contributed by atoms with Gasteiger partial charge in [-0.3, -0.25) is 14.9 Å². The van der Waals surface area contributed by atoms with Crippen molar-refractivity contribution in [2.45, 2.75) is 52.6 Å². The second-order valence-electron chi connectivity index (χ2n) is 4.19. The topological polar surface area (TPSA) is 70.2 Å². The zero-order chi connectivity index (χ0) is 13.3. The Morgan fingerprint density at radius 2 is 1.24 bits per heavy atom. The minimum absolute atomic E-state index is 0.0676. The molecule has 0 aromatic rings. The molecule has 2 atom stereocenters. The molecule has 3 N–H and O–H groups in total. The van der Waals surface area contributed by atoms with Crippen molar-refractivity contribution in [1.29, 1.82) is 0 Å². The summed E-state index contributed by atoms with van der Waals surface area (Å²) in [5, 5.41) is 8.55. The molecule has 0 aliphatic carbocycles. The van der Waals surface area contributed by atoms with E-state index in [1.807, 2.05) is 13.8 Å². The minimum atomic E-state index is -0.357. The fourth-order valence-electron chi connectivity index (χ4n) is 1.33. The lowest BCUT2D eigenvalue weighted by Gasteiger charge is -2.19. The average Bonchev–Trinajstić information content (AvgIpc) is 2.32. The van der Waals surface area contributed by atoms with E-state index in [0.717, 1.165) is 12.8 Å². The lowest BCUT2D eigenvalue weighted by atomic mass is 10.2. The monoisotopic (exact) mass is 243 g/mol. The van der Waals surface area contributed by atoms with Crippen LogP contribution in [0, 0.1) is 0 Å². The highest BCUT2D eigenvalue weighted by Gasteiger charge is 2.18. The third kappa shape index (κ3) is 6.94. The molecule has 2 unspecified atom stereocenters. The third-order valence-electron chi connectivity index (χ3n) is 2.39. The summed E-state index contributed by atoms with van der Waals surface area (Å²) < 4.78 is 0. The number of carbonyl (C=O) groups excluding carboxylic acids is 2. The highest BCUT2D eigenvalue weighted by molar-refractivity contribution is 5.84. The maximum absolute atomic E-state index is 11.6. The van der Waals surface area contributed by atoms with Crippen LogP contribution in [-0.2, 0) is 9.59 Å². The largest absolute Gasteiger partial charge is 0.355 e. The van der Waals surface area contributed by atoms with Crippen LogP contribution in [0.5, 0.6) is 0 Å². The predicted molar refractivity (Wildman–Crippen MR) is 68.7 cm³/mol. The maximum Gasteiger partial charge on any atom is 0.236 e. The molecule has 0 aromatic heterocycles. The first kappa shape index (κ1) is 15.9. The molecular weight excluding hydrogens is 218 g/mol. The lowest BCUT2D eigenvalue weighted by molar-refractivity contribution is -0.125. The molecule has 5 nitrogen and oxygen atoms in total. The maximum atomic E-state index is 11.6. The Hall–Kier alpha value is -1.10. The summed E-state index contributed by atoms with van der Waals surface area (Å²) >= 11 is 0. The quantitative estimate of drug-likeness (QED) is 0.578. The first-order chi connectivity index (χ1) is 8.02. The fourth-order valence-corrected chi connectivity index (χ4v) is 1.33. The molecule has 0 heterocycles. The van der Waals surface area contributed by atoms with Crippen LogP contribution in [0.15, 0.2) is 0 Å². The number of hydrogen-bond donors (Lipinski definition) is 3. The van der Waals surface area contributed by atoms with Crippen molar-refractivity contribution in [3.05, 3.63) is 0 Å². The van der Waals surface area contributed by atoms with Crippen LogP contribution in [0.4, 0.5) is 0 Å². The molecule has 17 heavy (non-hydrogen) atoms. The second-order valence-corrected chi connectivity index (χ2v) is 4.19. The van der Waals surface area contributed by atoms with Crippen molar-refractivity contribution in [2.24, 2.45) is 0 Å². The van der Waals surface area contributed by atoms with Gasteiger partial charge < -0.3 is 10.6 Å². The Bertz CT molecular complexity index is 220. The molecule has 0 radical (unpaired) electrons. The number of nitrogens with one attached hydrogen (secondary N) is 3. The second kappa shape index (κ2) is 8.98. The van der Waals surface area contributed by atoms with Gasteiger partial charge in [-0.25, -0.2) is 0 Å². The first-order valence-corrected chi connectivity index (χ1v) is 6.34. The summed E-state index contributed by atoms with van der Waals surface area (Å²) in [6, 6.07) is -0.715. The van der Waals surface area contributed by atoms with Gasteiger partial charge in [-0.2, -0.15) is 0 Å². The van der Waals surface area contributed by atoms with Gasteiger partial charge in [0, 0.05) is 13.1 Å². The van der Waals surface area contributed by atoms with Crippen molar-refractivity contribution in [2.75, 3.05) is 13.1 Å². The highest BCUT2D eigenvalue weighted by Crippen LogP contribution is 1.89. The zero-order valence-electron chi connectivity index (χ0n) is 11.3. The summed E-state index contributed by atoms with van der Waals surface area (Å²) in [6.45, 7) is 8.85. The normalized spacial score (nSPS) is 13.9. The SMILES string of the molecule is CCCNC(=O)C(C)NC(C)C(=O)NCCC. The van der Waals surface area contributed by atoms with Gasteiger partial charge in [-0.05, 0) is 26.7 Å². The lowest BCUT2D eigenvalue weighted by Crippen LogP contribution is -2.51. The molecule has 0 spiro atoms. The van der Waals surface area contributed by atoms with Crippen LogP contribution in [-0.4, -0.2) is 37.0 Å². The van der Waals surface area contributed by atoms with Crippen molar-refractivity contribution >= 4 is 11.8 Å². The van der Waals surface area contributed by atoms with E-state index in [2.05, 4.69) is 16.0 Å². The summed E-state index contributed by atoms with van der Waals surface area (Å²) in [6.07, 6.45) is 1.82. The fraction of sp³-hybridized carbons (Fsp3) is 0.833. The minimum Gasteiger partial charge on any atom is -0.355 e. The van der Waals surface area contributed by atoms with Crippen LogP contribution < -0.4 is 16.0 Å². The number of hydrogen-bond acceptors (Lipinski definition) is 3. The van der Waals surface area contributed by atoms with Gasteiger partial charge in [0.05, 0.1) is 12.1 Å². The summed E-state index contributed by atoms with van der Waals surface area (Å²) in [5.41, 5.74) is 0. The van der Waals surface area contributed by atoms with Gasteiger partial charge in [-0.15, -0.1) is 0 Å². The van der Waals surface area contributed by atoms with Gasteiger partial charge in [-0.1, -0.05) is 13.8 Å². The van der Waals surface area contributed by atoms with Gasteiger partial charge in [0.15, 0.2) is 0 Å². The van der Waals surface area contributed by atoms with E-state index in [-0.39, 0.29) is 23.9 Å². The molecule has 5 heteroatoms. The average molecular weight is 243 g/mol. The number of rotatable bonds is 8. The molecule has 2 amide bonds. The molecule has 0 saturated carbocycles. The summed E-state index contributed by atoms with van der Waals surface area (Å²) in [7, 11) is 0. The van der Waals surface area contributed by atoms with Gasteiger partial charge >= 0.3 is 0 Å². The van der Waals surface area contributed by atoms with Crippen LogP contribution >= 0.6 is 0 Å². The Kier molecular flexibility index (Phi) is 8.40. The van der Waals surface area contributed by atoms with Crippen molar-refractivity contribution in [3.8, 4) is 0 Å². The molecular formula is C12H25N3O2. The summed E-state index contributed by atoms with van der Waals surface area (Å²) in [4.78, 5) is 23.1. The predicted octanol–water partition coefficient (Wildman–Crippen LogP) is 0.405. The van der Waals surface area contributed by atoms with Crippen LogP contribution in [0.3, 0.4) is 0 Å². The standard InChI is InChI=1S/C12H25N3O2/c1-5-7-13-11(16)9(3)15-10(4)12(17)14-8-6-2/h9-10,15H,5-8H2,1-4H3,(H,13,16)(H,14,17). The smallest absolute Gasteiger partial charge is 0.236 e. The van der Waals surface area contributed by atoms with E-state index in [4.69, 9.17) is 0 Å². The Balaban J connectivity index is 3.96. The zero-order valence-corrected chi connectivity index (χ0v) is 11.3. The van der Waals surface area contributed by atoms with Gasteiger partial charge in [0.1, 0.15) is 0 Å². The molecule has 0 aliphatic rings. The molecule has 0 bridgehead atoms. The summed E-state index contributed by atoms with van der Waals surface area (Å²) in [5.74, 6) is -0.135. The van der Waals surface area contributed by atoms with Crippen molar-refractivity contribution in [1.82, 2.24) is 16.0 Å². The first-order valence-electron chi connectivity index (χ1n) is 6.34. The van der Waals surface area contributed by atoms with E-state index in [1.54, 1.807) is 13.8 Å². The van der Waals surface area contributed by atoms with Crippen molar-refractivity contribution in [3.63, 3.8) is 0 Å². The van der Waals surface area contributed by atoms with Gasteiger partial charge in [0.2, 0.25) is 11.8 Å². The molecule has 0 aromatic carbocycles. The number of carbonyl (C=O) groups is 2. The van der Waals surface area contributed by atoms with Crippen molar-refractivity contribution < 1.29 is 9.59 Å². The molecule has 0 saturated heterocycles. The third-order valence-corrected chi connectivity index (χ3v) is 2.39. The van der Waals surface area contributed by atoms with Crippen LogP contribution in [0.2, 0.25) is 0 Å². The van der Waals surface area contributed by atoms with Gasteiger partial charge in [0.25, 0.3) is 0 Å². The Morgan fingerprint density at radius 3 is 1.53 bits per heavy atom. The van der Waals surface area contributed by atoms with Crippen LogP contribution in [0.1, 0.15) is 40.5 Å². The van der Waals surface area contributed by atoms with E-state index < -0.39 is 0 Å². The van der Waals surface area contributed by atoms with E-state index in [1.165, 1.54) is 0 Å².